The van der Waals surface area contributed by atoms with E-state index in [1.807, 2.05) is 0 Å². The highest BCUT2D eigenvalue weighted by Gasteiger charge is 2.09. The molecule has 17 heavy (non-hydrogen) atoms. The van der Waals surface area contributed by atoms with Gasteiger partial charge >= 0.3 is 6.01 Å². The Morgan fingerprint density at radius 2 is 2.06 bits per heavy atom. The lowest BCUT2D eigenvalue weighted by atomic mass is 10.2. The summed E-state index contributed by atoms with van der Waals surface area (Å²) in [7, 11) is 1.67. The molecule has 0 saturated carbocycles. The van der Waals surface area contributed by atoms with Gasteiger partial charge in [-0.1, -0.05) is 18.9 Å². The number of hydrogen-bond acceptors (Lipinski definition) is 6. The van der Waals surface area contributed by atoms with E-state index in [9.17, 15) is 0 Å². The Bertz CT molecular complexity index is 299. The van der Waals surface area contributed by atoms with Gasteiger partial charge in [0, 0.05) is 19.7 Å². The van der Waals surface area contributed by atoms with Gasteiger partial charge in [-0.25, -0.2) is 0 Å². The van der Waals surface area contributed by atoms with Crippen LogP contribution in [0.1, 0.15) is 32.6 Å². The minimum absolute atomic E-state index is 0.393. The SMILES string of the molecule is CCC(CC)Nc1nnc(CNCCOC)o1. The van der Waals surface area contributed by atoms with Gasteiger partial charge in [-0.3, -0.25) is 0 Å². The van der Waals surface area contributed by atoms with E-state index in [1.54, 1.807) is 7.11 Å². The molecular formula is C11H22N4O2. The van der Waals surface area contributed by atoms with Crippen molar-refractivity contribution in [2.45, 2.75) is 39.3 Å². The Balaban J connectivity index is 2.32. The third kappa shape index (κ3) is 5.14. The first-order valence-electron chi connectivity index (χ1n) is 6.08. The second-order valence-corrected chi connectivity index (χ2v) is 3.83. The molecule has 0 atom stereocenters. The molecule has 6 nitrogen and oxygen atoms in total. The maximum Gasteiger partial charge on any atom is 0.315 e. The lowest BCUT2D eigenvalue weighted by Gasteiger charge is -2.11. The van der Waals surface area contributed by atoms with Crippen LogP contribution in [0.4, 0.5) is 6.01 Å². The predicted octanol–water partition coefficient (Wildman–Crippen LogP) is 1.41. The predicted molar refractivity (Wildman–Crippen MR) is 65.9 cm³/mol. The summed E-state index contributed by atoms with van der Waals surface area (Å²) in [6.45, 7) is 6.28. The summed E-state index contributed by atoms with van der Waals surface area (Å²) in [5, 5.41) is 14.3. The third-order valence-corrected chi connectivity index (χ3v) is 2.54. The molecule has 0 aromatic carbocycles. The maximum atomic E-state index is 5.46. The van der Waals surface area contributed by atoms with Crippen molar-refractivity contribution in [1.82, 2.24) is 15.5 Å². The van der Waals surface area contributed by atoms with Crippen molar-refractivity contribution >= 4 is 6.01 Å². The standard InChI is InChI=1S/C11H22N4O2/c1-4-9(5-2)13-11-15-14-10(17-11)8-12-6-7-16-3/h9,12H,4-8H2,1-3H3,(H,13,15). The molecule has 0 unspecified atom stereocenters. The average molecular weight is 242 g/mol. The number of nitrogens with zero attached hydrogens (tertiary/aromatic N) is 2. The Morgan fingerprint density at radius 1 is 1.29 bits per heavy atom. The van der Waals surface area contributed by atoms with Gasteiger partial charge in [0.2, 0.25) is 5.89 Å². The van der Waals surface area contributed by atoms with Crippen LogP contribution in [0, 0.1) is 0 Å². The molecule has 0 spiro atoms. The molecule has 98 valence electrons. The normalized spacial score (nSPS) is 11.1. The van der Waals surface area contributed by atoms with Crippen molar-refractivity contribution in [3.63, 3.8) is 0 Å². The largest absolute Gasteiger partial charge is 0.407 e. The summed E-state index contributed by atoms with van der Waals surface area (Å²) in [6, 6.07) is 0.895. The molecule has 1 aromatic rings. The van der Waals surface area contributed by atoms with Gasteiger partial charge in [0.25, 0.3) is 0 Å². The van der Waals surface area contributed by atoms with Crippen LogP contribution < -0.4 is 10.6 Å². The molecule has 2 N–H and O–H groups in total. The molecule has 0 aliphatic carbocycles. The fourth-order valence-electron chi connectivity index (χ4n) is 1.42. The number of rotatable bonds is 9. The van der Waals surface area contributed by atoms with Gasteiger partial charge in [0.15, 0.2) is 0 Å². The summed E-state index contributed by atoms with van der Waals surface area (Å²) >= 11 is 0. The summed E-state index contributed by atoms with van der Waals surface area (Å²) in [6.07, 6.45) is 2.08. The number of anilines is 1. The summed E-state index contributed by atoms with van der Waals surface area (Å²) < 4.78 is 10.4. The van der Waals surface area contributed by atoms with Gasteiger partial charge in [-0.05, 0) is 12.8 Å². The highest BCUT2D eigenvalue weighted by atomic mass is 16.5. The fraction of sp³-hybridized carbons (Fsp3) is 0.818. The van der Waals surface area contributed by atoms with E-state index >= 15 is 0 Å². The zero-order chi connectivity index (χ0) is 12.5. The van der Waals surface area contributed by atoms with E-state index in [0.717, 1.165) is 19.4 Å². The fourth-order valence-corrected chi connectivity index (χ4v) is 1.42. The van der Waals surface area contributed by atoms with Crippen LogP contribution in [0.15, 0.2) is 4.42 Å². The number of ether oxygens (including phenoxy) is 1. The molecule has 0 amide bonds. The Morgan fingerprint density at radius 3 is 2.71 bits per heavy atom. The molecule has 6 heteroatoms. The van der Waals surface area contributed by atoms with Crippen molar-refractivity contribution in [3.8, 4) is 0 Å². The van der Waals surface area contributed by atoms with Crippen molar-refractivity contribution in [3.05, 3.63) is 5.89 Å². The molecule has 1 rings (SSSR count). The van der Waals surface area contributed by atoms with Gasteiger partial charge in [-0.15, -0.1) is 5.10 Å². The molecule has 1 aromatic heterocycles. The van der Waals surface area contributed by atoms with E-state index in [2.05, 4.69) is 34.7 Å². The first-order valence-corrected chi connectivity index (χ1v) is 6.08. The van der Waals surface area contributed by atoms with Crippen LogP contribution in [0.3, 0.4) is 0 Å². The third-order valence-electron chi connectivity index (χ3n) is 2.54. The van der Waals surface area contributed by atoms with E-state index in [1.165, 1.54) is 0 Å². The number of methoxy groups -OCH3 is 1. The molecule has 0 fully saturated rings. The molecule has 0 radical (unpaired) electrons. The van der Waals surface area contributed by atoms with Gasteiger partial charge in [0.05, 0.1) is 13.2 Å². The number of aromatic nitrogens is 2. The second-order valence-electron chi connectivity index (χ2n) is 3.83. The Hall–Kier alpha value is -1.14. The van der Waals surface area contributed by atoms with E-state index < -0.39 is 0 Å². The quantitative estimate of drug-likeness (QED) is 0.638. The van der Waals surface area contributed by atoms with E-state index in [4.69, 9.17) is 9.15 Å². The monoisotopic (exact) mass is 242 g/mol. The average Bonchev–Trinajstić information content (AvgIpc) is 2.79. The van der Waals surface area contributed by atoms with Crippen LogP contribution >= 0.6 is 0 Å². The van der Waals surface area contributed by atoms with E-state index in [-0.39, 0.29) is 0 Å². The zero-order valence-corrected chi connectivity index (χ0v) is 10.8. The second kappa shape index (κ2) is 8.03. The van der Waals surface area contributed by atoms with Crippen molar-refractivity contribution in [1.29, 1.82) is 0 Å². The first-order chi connectivity index (χ1) is 8.30. The lowest BCUT2D eigenvalue weighted by Crippen LogP contribution is -2.18. The van der Waals surface area contributed by atoms with Crippen LogP contribution in [0.2, 0.25) is 0 Å². The summed E-state index contributed by atoms with van der Waals surface area (Å²) in [5.74, 6) is 0.592. The molecule has 0 saturated heterocycles. The van der Waals surface area contributed by atoms with Crippen molar-refractivity contribution in [2.24, 2.45) is 0 Å². The summed E-state index contributed by atoms with van der Waals surface area (Å²) in [5.41, 5.74) is 0. The molecule has 0 aliphatic rings. The summed E-state index contributed by atoms with van der Waals surface area (Å²) in [4.78, 5) is 0. The highest BCUT2D eigenvalue weighted by Crippen LogP contribution is 2.09. The minimum Gasteiger partial charge on any atom is -0.407 e. The highest BCUT2D eigenvalue weighted by molar-refractivity contribution is 5.18. The van der Waals surface area contributed by atoms with Gasteiger partial charge in [-0.2, -0.15) is 0 Å². The maximum absolute atomic E-state index is 5.46. The smallest absolute Gasteiger partial charge is 0.315 e. The first kappa shape index (κ1) is 13.9. The van der Waals surface area contributed by atoms with Crippen LogP contribution in [-0.4, -0.2) is 36.5 Å². The van der Waals surface area contributed by atoms with Crippen LogP contribution in [-0.2, 0) is 11.3 Å². The molecule has 0 bridgehead atoms. The van der Waals surface area contributed by atoms with Gasteiger partial charge < -0.3 is 19.8 Å². The Labute approximate surface area is 102 Å². The van der Waals surface area contributed by atoms with Crippen molar-refractivity contribution < 1.29 is 9.15 Å². The van der Waals surface area contributed by atoms with Crippen LogP contribution in [0.25, 0.3) is 0 Å². The van der Waals surface area contributed by atoms with Crippen molar-refractivity contribution in [2.75, 3.05) is 25.6 Å². The molecular weight excluding hydrogens is 220 g/mol. The van der Waals surface area contributed by atoms with E-state index in [0.29, 0.717) is 31.1 Å². The number of hydrogen-bond donors (Lipinski definition) is 2. The van der Waals surface area contributed by atoms with Gasteiger partial charge in [0.1, 0.15) is 0 Å². The minimum atomic E-state index is 0.393. The molecule has 0 aliphatic heterocycles. The Kier molecular flexibility index (Phi) is 6.57. The van der Waals surface area contributed by atoms with Crippen LogP contribution in [0.5, 0.6) is 0 Å². The zero-order valence-electron chi connectivity index (χ0n) is 10.8. The molecule has 1 heterocycles. The topological polar surface area (TPSA) is 72.2 Å². The lowest BCUT2D eigenvalue weighted by molar-refractivity contribution is 0.198. The number of nitrogens with one attached hydrogen (secondary N) is 2.